The lowest BCUT2D eigenvalue weighted by Gasteiger charge is -2.30. The molecule has 5 heteroatoms. The van der Waals surface area contributed by atoms with Gasteiger partial charge in [-0.3, -0.25) is 4.79 Å². The molecule has 1 aromatic carbocycles. The van der Waals surface area contributed by atoms with Crippen LogP contribution in [0.5, 0.6) is 5.75 Å². The van der Waals surface area contributed by atoms with E-state index >= 15 is 0 Å². The van der Waals surface area contributed by atoms with Crippen LogP contribution >= 0.6 is 11.6 Å². The highest BCUT2D eigenvalue weighted by atomic mass is 35.5. The predicted molar refractivity (Wildman–Crippen MR) is 81.6 cm³/mol. The molecular formula is C15H21ClN2O2. The first kappa shape index (κ1) is 15.1. The molecule has 4 nitrogen and oxygen atoms in total. The quantitative estimate of drug-likeness (QED) is 0.932. The van der Waals surface area contributed by atoms with Gasteiger partial charge in [-0.1, -0.05) is 11.6 Å². The summed E-state index contributed by atoms with van der Waals surface area (Å²) in [6.45, 7) is 3.01. The molecule has 0 aromatic heterocycles. The maximum atomic E-state index is 12.5. The fourth-order valence-electron chi connectivity index (χ4n) is 2.62. The zero-order valence-electron chi connectivity index (χ0n) is 12.1. The van der Waals surface area contributed by atoms with Crippen molar-refractivity contribution in [3.8, 4) is 5.75 Å². The van der Waals surface area contributed by atoms with Crippen LogP contribution in [0.4, 0.5) is 5.69 Å². The molecule has 1 N–H and O–H groups in total. The van der Waals surface area contributed by atoms with Crippen LogP contribution in [0.25, 0.3) is 0 Å². The number of piperidine rings is 1. The molecule has 0 spiro atoms. The van der Waals surface area contributed by atoms with Crippen molar-refractivity contribution >= 4 is 23.2 Å². The van der Waals surface area contributed by atoms with Crippen molar-refractivity contribution in [1.82, 2.24) is 5.32 Å². The zero-order chi connectivity index (χ0) is 14.7. The molecule has 0 aliphatic carbocycles. The second-order valence-electron chi connectivity index (χ2n) is 5.29. The maximum absolute atomic E-state index is 12.5. The van der Waals surface area contributed by atoms with Crippen molar-refractivity contribution in [1.29, 1.82) is 0 Å². The Morgan fingerprint density at radius 1 is 1.50 bits per heavy atom. The van der Waals surface area contributed by atoms with Gasteiger partial charge in [0.05, 0.1) is 12.1 Å². The van der Waals surface area contributed by atoms with Crippen LogP contribution in [-0.4, -0.2) is 32.7 Å². The van der Waals surface area contributed by atoms with Crippen LogP contribution in [0.2, 0.25) is 5.02 Å². The Morgan fingerprint density at radius 2 is 2.25 bits per heavy atom. The second-order valence-corrected chi connectivity index (χ2v) is 5.70. The normalized spacial score (nSPS) is 22.4. The summed E-state index contributed by atoms with van der Waals surface area (Å²) in [7, 11) is 3.37. The highest BCUT2D eigenvalue weighted by molar-refractivity contribution is 6.32. The first-order chi connectivity index (χ1) is 9.52. The van der Waals surface area contributed by atoms with Gasteiger partial charge in [0.1, 0.15) is 5.75 Å². The van der Waals surface area contributed by atoms with E-state index in [2.05, 4.69) is 12.2 Å². The summed E-state index contributed by atoms with van der Waals surface area (Å²) in [5.74, 6) is 0.850. The number of nitrogens with one attached hydrogen (secondary N) is 1. The number of carbonyl (C=O) groups excluding carboxylic acids is 1. The summed E-state index contributed by atoms with van der Waals surface area (Å²) < 4.78 is 5.13. The maximum Gasteiger partial charge on any atom is 0.229 e. The third-order valence-electron chi connectivity index (χ3n) is 3.83. The van der Waals surface area contributed by atoms with Gasteiger partial charge in [0, 0.05) is 24.7 Å². The predicted octanol–water partition coefficient (Wildman–Crippen LogP) is 2.70. The highest BCUT2D eigenvalue weighted by Gasteiger charge is 2.27. The molecule has 1 aromatic rings. The van der Waals surface area contributed by atoms with E-state index in [9.17, 15) is 4.79 Å². The Balaban J connectivity index is 2.11. The minimum atomic E-state index is 0.0807. The summed E-state index contributed by atoms with van der Waals surface area (Å²) in [4.78, 5) is 14.2. The Morgan fingerprint density at radius 3 is 2.85 bits per heavy atom. The van der Waals surface area contributed by atoms with Crippen molar-refractivity contribution in [2.45, 2.75) is 25.8 Å². The van der Waals surface area contributed by atoms with Gasteiger partial charge in [0.25, 0.3) is 0 Å². The molecule has 1 aliphatic heterocycles. The van der Waals surface area contributed by atoms with Crippen LogP contribution in [-0.2, 0) is 4.79 Å². The van der Waals surface area contributed by atoms with Crippen LogP contribution in [0.1, 0.15) is 19.8 Å². The van der Waals surface area contributed by atoms with Gasteiger partial charge in [-0.05, 0) is 44.5 Å². The molecule has 20 heavy (non-hydrogen) atoms. The smallest absolute Gasteiger partial charge is 0.229 e. The number of amides is 1. The summed E-state index contributed by atoms with van der Waals surface area (Å²) in [5.41, 5.74) is 0.798. The SMILES string of the molecule is COc1ccc(N(C)C(=O)[C@H]2CCN[C@@H](C)C2)cc1Cl. The molecule has 2 rings (SSSR count). The topological polar surface area (TPSA) is 41.6 Å². The Hall–Kier alpha value is -1.26. The lowest BCUT2D eigenvalue weighted by atomic mass is 9.92. The number of carbonyl (C=O) groups is 1. The van der Waals surface area contributed by atoms with Crippen LogP contribution in [0.3, 0.4) is 0 Å². The molecule has 1 aliphatic rings. The van der Waals surface area contributed by atoms with E-state index < -0.39 is 0 Å². The second kappa shape index (κ2) is 6.46. The summed E-state index contributed by atoms with van der Waals surface area (Å²) in [6, 6.07) is 5.80. The molecule has 110 valence electrons. The number of halogens is 1. The van der Waals surface area contributed by atoms with Crippen LogP contribution in [0.15, 0.2) is 18.2 Å². The molecule has 1 saturated heterocycles. The monoisotopic (exact) mass is 296 g/mol. The zero-order valence-corrected chi connectivity index (χ0v) is 12.9. The van der Waals surface area contributed by atoms with Gasteiger partial charge in [0.15, 0.2) is 0 Å². The van der Waals surface area contributed by atoms with E-state index in [4.69, 9.17) is 16.3 Å². The Labute approximate surface area is 125 Å². The number of rotatable bonds is 3. The van der Waals surface area contributed by atoms with E-state index in [-0.39, 0.29) is 11.8 Å². The number of hydrogen-bond acceptors (Lipinski definition) is 3. The average Bonchev–Trinajstić information content (AvgIpc) is 2.45. The van der Waals surface area contributed by atoms with Crippen LogP contribution in [0, 0.1) is 5.92 Å². The first-order valence-electron chi connectivity index (χ1n) is 6.87. The fourth-order valence-corrected chi connectivity index (χ4v) is 2.87. The molecule has 0 unspecified atom stereocenters. The molecule has 0 saturated carbocycles. The standard InChI is InChI=1S/C15H21ClN2O2/c1-10-8-11(6-7-17-10)15(19)18(2)12-4-5-14(20-3)13(16)9-12/h4-5,9-11,17H,6-8H2,1-3H3/t10-,11-/m0/s1. The number of methoxy groups -OCH3 is 1. The number of nitrogens with zero attached hydrogens (tertiary/aromatic N) is 1. The van der Waals surface area contributed by atoms with Gasteiger partial charge < -0.3 is 15.0 Å². The molecule has 1 fully saturated rings. The minimum Gasteiger partial charge on any atom is -0.495 e. The number of hydrogen-bond donors (Lipinski definition) is 1. The molecule has 1 heterocycles. The van der Waals surface area contributed by atoms with E-state index in [1.165, 1.54) is 0 Å². The number of benzene rings is 1. The third kappa shape index (κ3) is 3.25. The van der Waals surface area contributed by atoms with Crippen molar-refractivity contribution in [2.75, 3.05) is 25.6 Å². The lowest BCUT2D eigenvalue weighted by molar-refractivity contribution is -0.123. The summed E-state index contributed by atoms with van der Waals surface area (Å²) in [6.07, 6.45) is 1.77. The largest absolute Gasteiger partial charge is 0.495 e. The van der Waals surface area contributed by atoms with Crippen molar-refractivity contribution in [3.05, 3.63) is 23.2 Å². The average molecular weight is 297 g/mol. The summed E-state index contributed by atoms with van der Waals surface area (Å²) >= 11 is 6.11. The van der Waals surface area contributed by atoms with Crippen molar-refractivity contribution in [3.63, 3.8) is 0 Å². The molecule has 0 radical (unpaired) electrons. The molecule has 2 atom stereocenters. The fraction of sp³-hybridized carbons (Fsp3) is 0.533. The highest BCUT2D eigenvalue weighted by Crippen LogP contribution is 2.30. The van der Waals surface area contributed by atoms with Crippen molar-refractivity contribution < 1.29 is 9.53 Å². The van der Waals surface area contributed by atoms with E-state index in [1.807, 2.05) is 6.07 Å². The van der Waals surface area contributed by atoms with Gasteiger partial charge in [-0.25, -0.2) is 0 Å². The van der Waals surface area contributed by atoms with Gasteiger partial charge >= 0.3 is 0 Å². The summed E-state index contributed by atoms with van der Waals surface area (Å²) in [5, 5.41) is 3.88. The molecular weight excluding hydrogens is 276 g/mol. The van der Waals surface area contributed by atoms with Crippen LogP contribution < -0.4 is 15.0 Å². The lowest BCUT2D eigenvalue weighted by Crippen LogP contribution is -2.43. The third-order valence-corrected chi connectivity index (χ3v) is 4.12. The number of ether oxygens (including phenoxy) is 1. The first-order valence-corrected chi connectivity index (χ1v) is 7.25. The Kier molecular flexibility index (Phi) is 4.89. The Bertz CT molecular complexity index is 493. The van der Waals surface area contributed by atoms with Crippen molar-refractivity contribution in [2.24, 2.45) is 5.92 Å². The van der Waals surface area contributed by atoms with E-state index in [1.54, 1.807) is 31.2 Å². The van der Waals surface area contributed by atoms with Gasteiger partial charge in [0.2, 0.25) is 5.91 Å². The number of anilines is 1. The van der Waals surface area contributed by atoms with E-state index in [0.29, 0.717) is 16.8 Å². The molecule has 1 amide bonds. The van der Waals surface area contributed by atoms with E-state index in [0.717, 1.165) is 25.1 Å². The molecule has 0 bridgehead atoms. The van der Waals surface area contributed by atoms with Gasteiger partial charge in [-0.2, -0.15) is 0 Å². The van der Waals surface area contributed by atoms with Gasteiger partial charge in [-0.15, -0.1) is 0 Å². The minimum absolute atomic E-state index is 0.0807.